The van der Waals surface area contributed by atoms with Crippen LogP contribution in [0, 0.1) is 12.7 Å². The first-order chi connectivity index (χ1) is 13.4. The van der Waals surface area contributed by atoms with Gasteiger partial charge in [0, 0.05) is 38.7 Å². The van der Waals surface area contributed by atoms with Gasteiger partial charge in [0.1, 0.15) is 5.82 Å². The molecule has 1 aliphatic rings. The van der Waals surface area contributed by atoms with Crippen LogP contribution in [-0.4, -0.2) is 57.9 Å². The number of rotatable bonds is 2. The molecule has 0 bridgehead atoms. The second-order valence-electron chi connectivity index (χ2n) is 6.81. The summed E-state index contributed by atoms with van der Waals surface area (Å²) in [5, 5.41) is 4.52. The van der Waals surface area contributed by atoms with Crippen LogP contribution < -0.4 is 0 Å². The summed E-state index contributed by atoms with van der Waals surface area (Å²) in [7, 11) is 0. The first kappa shape index (κ1) is 18.1. The maximum atomic E-state index is 13.3. The topological polar surface area (TPSA) is 79.5 Å². The van der Waals surface area contributed by atoms with E-state index in [-0.39, 0.29) is 23.3 Å². The zero-order valence-corrected chi connectivity index (χ0v) is 15.6. The molecule has 0 N–H and O–H groups in total. The third kappa shape index (κ3) is 3.21. The fourth-order valence-corrected chi connectivity index (χ4v) is 3.43. The largest absolute Gasteiger partial charge is 0.339 e. The molecule has 1 fully saturated rings. The molecular weight excluding hydrogens is 363 g/mol. The number of halogens is 1. The highest BCUT2D eigenvalue weighted by Gasteiger charge is 2.27. The molecule has 1 saturated heterocycles. The first-order valence-electron chi connectivity index (χ1n) is 9.02. The molecule has 2 aromatic heterocycles. The molecule has 1 aliphatic heterocycles. The zero-order valence-electron chi connectivity index (χ0n) is 15.6. The van der Waals surface area contributed by atoms with Gasteiger partial charge in [0.05, 0.1) is 22.3 Å². The van der Waals surface area contributed by atoms with E-state index in [0.717, 1.165) is 0 Å². The Morgan fingerprint density at radius 1 is 1.07 bits per heavy atom. The van der Waals surface area contributed by atoms with E-state index in [9.17, 15) is 14.0 Å². The average molecular weight is 382 g/mol. The van der Waals surface area contributed by atoms with Crippen molar-refractivity contribution < 1.29 is 18.5 Å². The van der Waals surface area contributed by atoms with Gasteiger partial charge < -0.3 is 14.3 Å². The minimum atomic E-state index is -0.347. The summed E-state index contributed by atoms with van der Waals surface area (Å²) >= 11 is 0. The smallest absolute Gasteiger partial charge is 0.259 e. The van der Waals surface area contributed by atoms with Crippen LogP contribution >= 0.6 is 0 Å². The number of aromatic nitrogens is 2. The summed E-state index contributed by atoms with van der Waals surface area (Å²) in [5.41, 5.74) is 2.48. The summed E-state index contributed by atoms with van der Waals surface area (Å²) in [6, 6.07) is 7.59. The Bertz CT molecular complexity index is 1050. The molecule has 0 saturated carbocycles. The van der Waals surface area contributed by atoms with Gasteiger partial charge in [-0.15, -0.1) is 0 Å². The fourth-order valence-electron chi connectivity index (χ4n) is 3.43. The Labute approximate surface area is 160 Å². The quantitative estimate of drug-likeness (QED) is 0.681. The second kappa shape index (κ2) is 7.03. The van der Waals surface area contributed by atoms with Gasteiger partial charge in [0.25, 0.3) is 11.6 Å². The number of pyridine rings is 1. The molecule has 2 amide bonds. The summed E-state index contributed by atoms with van der Waals surface area (Å²) < 4.78 is 18.6. The van der Waals surface area contributed by atoms with Crippen molar-refractivity contribution in [2.24, 2.45) is 0 Å². The highest BCUT2D eigenvalue weighted by Crippen LogP contribution is 2.28. The normalized spacial score (nSPS) is 14.5. The van der Waals surface area contributed by atoms with Crippen molar-refractivity contribution in [1.29, 1.82) is 0 Å². The lowest BCUT2D eigenvalue weighted by Gasteiger charge is -2.34. The van der Waals surface area contributed by atoms with Crippen LogP contribution in [0.2, 0.25) is 0 Å². The van der Waals surface area contributed by atoms with Crippen molar-refractivity contribution in [1.82, 2.24) is 19.9 Å². The lowest BCUT2D eigenvalue weighted by molar-refractivity contribution is -0.130. The standard InChI is InChI=1S/C20H19FN4O3/c1-12-18-16(20(27)25-9-7-24(8-10-25)13(2)26)11-17(22-19(18)28-23-12)14-3-5-15(21)6-4-14/h3-6,11H,7-10H2,1-2H3. The van der Waals surface area contributed by atoms with Gasteiger partial charge in [-0.2, -0.15) is 0 Å². The van der Waals surface area contributed by atoms with Crippen LogP contribution in [0.3, 0.4) is 0 Å². The van der Waals surface area contributed by atoms with Gasteiger partial charge in [-0.1, -0.05) is 5.16 Å². The van der Waals surface area contributed by atoms with E-state index in [4.69, 9.17) is 4.52 Å². The predicted molar refractivity (Wildman–Crippen MR) is 100 cm³/mol. The van der Waals surface area contributed by atoms with Crippen LogP contribution in [0.4, 0.5) is 4.39 Å². The number of hydrogen-bond donors (Lipinski definition) is 0. The number of aryl methyl sites for hydroxylation is 1. The number of carbonyl (C=O) groups is 2. The molecule has 8 heteroatoms. The Hall–Kier alpha value is -3.29. The number of benzene rings is 1. The van der Waals surface area contributed by atoms with Gasteiger partial charge in [-0.3, -0.25) is 9.59 Å². The van der Waals surface area contributed by atoms with Gasteiger partial charge >= 0.3 is 0 Å². The SMILES string of the molecule is CC(=O)N1CCN(C(=O)c2cc(-c3ccc(F)cc3)nc3onc(C)c23)CC1. The minimum absolute atomic E-state index is 0.00637. The molecule has 1 aromatic carbocycles. The van der Waals surface area contributed by atoms with E-state index in [2.05, 4.69) is 10.1 Å². The lowest BCUT2D eigenvalue weighted by atomic mass is 10.0. The molecule has 4 rings (SSSR count). The third-order valence-electron chi connectivity index (χ3n) is 5.00. The molecule has 7 nitrogen and oxygen atoms in total. The van der Waals surface area contributed by atoms with Crippen LogP contribution in [0.5, 0.6) is 0 Å². The van der Waals surface area contributed by atoms with E-state index >= 15 is 0 Å². The summed E-state index contributed by atoms with van der Waals surface area (Å²) in [4.78, 5) is 32.6. The maximum Gasteiger partial charge on any atom is 0.259 e. The predicted octanol–water partition coefficient (Wildman–Crippen LogP) is 2.64. The van der Waals surface area contributed by atoms with E-state index in [1.54, 1.807) is 34.9 Å². The lowest BCUT2D eigenvalue weighted by Crippen LogP contribution is -2.50. The monoisotopic (exact) mass is 382 g/mol. The number of amides is 2. The second-order valence-corrected chi connectivity index (χ2v) is 6.81. The van der Waals surface area contributed by atoms with Gasteiger partial charge in [-0.05, 0) is 37.3 Å². The molecule has 0 unspecified atom stereocenters. The molecule has 0 radical (unpaired) electrons. The van der Waals surface area contributed by atoms with E-state index in [0.29, 0.717) is 54.1 Å². The highest BCUT2D eigenvalue weighted by molar-refractivity contribution is 6.07. The number of carbonyl (C=O) groups excluding carboxylic acids is 2. The zero-order chi connectivity index (χ0) is 19.8. The number of hydrogen-bond acceptors (Lipinski definition) is 5. The molecule has 28 heavy (non-hydrogen) atoms. The Morgan fingerprint density at radius 3 is 2.36 bits per heavy atom. The Morgan fingerprint density at radius 2 is 1.71 bits per heavy atom. The average Bonchev–Trinajstić information content (AvgIpc) is 3.08. The number of nitrogens with zero attached hydrogens (tertiary/aromatic N) is 4. The number of piperazine rings is 1. The van der Waals surface area contributed by atoms with Crippen LogP contribution in [0.25, 0.3) is 22.4 Å². The van der Waals surface area contributed by atoms with Gasteiger partial charge in [-0.25, -0.2) is 9.37 Å². The molecule has 3 heterocycles. The molecule has 3 aromatic rings. The fraction of sp³-hybridized carbons (Fsp3) is 0.300. The van der Waals surface area contributed by atoms with Crippen molar-refractivity contribution in [3.8, 4) is 11.3 Å². The maximum absolute atomic E-state index is 13.3. The Kier molecular flexibility index (Phi) is 4.54. The van der Waals surface area contributed by atoms with Gasteiger partial charge in [0.15, 0.2) is 0 Å². The minimum Gasteiger partial charge on any atom is -0.339 e. The van der Waals surface area contributed by atoms with Gasteiger partial charge in [0.2, 0.25) is 5.91 Å². The van der Waals surface area contributed by atoms with Crippen molar-refractivity contribution in [3.05, 3.63) is 47.4 Å². The van der Waals surface area contributed by atoms with Crippen molar-refractivity contribution in [2.75, 3.05) is 26.2 Å². The van der Waals surface area contributed by atoms with Crippen LogP contribution in [0.15, 0.2) is 34.9 Å². The molecule has 0 aliphatic carbocycles. The summed E-state index contributed by atoms with van der Waals surface area (Å²) in [6.45, 7) is 5.21. The first-order valence-corrected chi connectivity index (χ1v) is 9.02. The van der Waals surface area contributed by atoms with E-state index in [1.807, 2.05) is 0 Å². The van der Waals surface area contributed by atoms with Crippen LogP contribution in [0.1, 0.15) is 23.0 Å². The summed E-state index contributed by atoms with van der Waals surface area (Å²) in [6.07, 6.45) is 0. The van der Waals surface area contributed by atoms with Crippen molar-refractivity contribution in [2.45, 2.75) is 13.8 Å². The highest BCUT2D eigenvalue weighted by atomic mass is 19.1. The third-order valence-corrected chi connectivity index (χ3v) is 5.00. The molecule has 144 valence electrons. The van der Waals surface area contributed by atoms with E-state index < -0.39 is 0 Å². The molecule has 0 atom stereocenters. The molecule has 0 spiro atoms. The van der Waals surface area contributed by atoms with Crippen LogP contribution in [-0.2, 0) is 4.79 Å². The van der Waals surface area contributed by atoms with E-state index in [1.165, 1.54) is 19.1 Å². The Balaban J connectivity index is 1.73. The number of fused-ring (bicyclic) bond motifs is 1. The summed E-state index contributed by atoms with van der Waals surface area (Å²) in [5.74, 6) is -0.503. The molecular formula is C20H19FN4O3. The van der Waals surface area contributed by atoms with Crippen molar-refractivity contribution >= 4 is 22.9 Å². The van der Waals surface area contributed by atoms with Crippen molar-refractivity contribution in [3.63, 3.8) is 0 Å².